The second-order valence-electron chi connectivity index (χ2n) is 6.10. The summed E-state index contributed by atoms with van der Waals surface area (Å²) >= 11 is 6.03. The van der Waals surface area contributed by atoms with Crippen molar-refractivity contribution in [3.05, 3.63) is 58.9 Å². The van der Waals surface area contributed by atoms with E-state index in [1.807, 2.05) is 18.2 Å². The Bertz CT molecular complexity index is 616. The molecule has 1 saturated carbocycles. The van der Waals surface area contributed by atoms with Gasteiger partial charge in [-0.25, -0.2) is 4.39 Å². The number of halogens is 2. The minimum absolute atomic E-state index is 0. The summed E-state index contributed by atoms with van der Waals surface area (Å²) in [4.78, 5) is 0. The van der Waals surface area contributed by atoms with Crippen molar-refractivity contribution >= 4 is 11.6 Å². The first kappa shape index (κ1) is 18.8. The Morgan fingerprint density at radius 3 is 2.32 bits per heavy atom. The Labute approximate surface area is 186 Å². The zero-order chi connectivity index (χ0) is 14.8. The molecular weight excluding hydrogens is 368 g/mol. The van der Waals surface area contributed by atoms with Crippen LogP contribution in [0.15, 0.2) is 36.4 Å². The molecule has 0 unspecified atom stereocenters. The molecule has 0 aliphatic heterocycles. The smallest absolute Gasteiger partial charge is 0.235 e. The molecule has 0 aromatic heterocycles. The SMILES string of the molecule is CC1CCC(c2ccc(-c3cc[c-]c(F)c3Cl)cc2)CC1.[Rb+]. The van der Waals surface area contributed by atoms with E-state index in [1.165, 1.54) is 31.2 Å². The van der Waals surface area contributed by atoms with Crippen molar-refractivity contribution in [2.45, 2.75) is 38.5 Å². The van der Waals surface area contributed by atoms with E-state index in [0.717, 1.165) is 17.0 Å². The minimum Gasteiger partial charge on any atom is -0.235 e. The number of hydrogen-bond acceptors (Lipinski definition) is 0. The maximum atomic E-state index is 13.5. The summed E-state index contributed by atoms with van der Waals surface area (Å²) in [7, 11) is 0. The Morgan fingerprint density at radius 1 is 1.05 bits per heavy atom. The van der Waals surface area contributed by atoms with Crippen LogP contribution in [-0.4, -0.2) is 0 Å². The third kappa shape index (κ3) is 4.30. The fourth-order valence-corrected chi connectivity index (χ4v) is 3.43. The maximum absolute atomic E-state index is 13.5. The molecule has 3 heteroatoms. The first-order valence-electron chi connectivity index (χ1n) is 7.61. The average Bonchev–Trinajstić information content (AvgIpc) is 2.51. The molecule has 0 N–H and O–H groups in total. The van der Waals surface area contributed by atoms with Gasteiger partial charge in [0.05, 0.1) is 0 Å². The largest absolute Gasteiger partial charge is 1.00 e. The first-order chi connectivity index (χ1) is 10.1. The summed E-state index contributed by atoms with van der Waals surface area (Å²) in [6, 6.07) is 14.3. The van der Waals surface area contributed by atoms with E-state index < -0.39 is 5.82 Å². The normalized spacial score (nSPS) is 21.2. The van der Waals surface area contributed by atoms with Crippen LogP contribution >= 0.6 is 11.6 Å². The van der Waals surface area contributed by atoms with Crippen molar-refractivity contribution in [2.24, 2.45) is 5.92 Å². The van der Waals surface area contributed by atoms with Crippen LogP contribution in [-0.2, 0) is 0 Å². The Hall–Kier alpha value is 0.465. The maximum Gasteiger partial charge on any atom is 1.00 e. The second kappa shape index (κ2) is 8.53. The summed E-state index contributed by atoms with van der Waals surface area (Å²) < 4.78 is 13.5. The van der Waals surface area contributed by atoms with Crippen LogP contribution in [0.4, 0.5) is 4.39 Å². The molecule has 0 saturated heterocycles. The predicted molar refractivity (Wildman–Crippen MR) is 86.1 cm³/mol. The van der Waals surface area contributed by atoms with Gasteiger partial charge in [0.2, 0.25) is 0 Å². The van der Waals surface area contributed by atoms with Crippen LogP contribution in [0.5, 0.6) is 0 Å². The van der Waals surface area contributed by atoms with Gasteiger partial charge in [-0.1, -0.05) is 44.0 Å². The fraction of sp³-hybridized carbons (Fsp3) is 0.368. The van der Waals surface area contributed by atoms with E-state index in [1.54, 1.807) is 6.07 Å². The van der Waals surface area contributed by atoms with Crippen LogP contribution < -0.4 is 58.2 Å². The van der Waals surface area contributed by atoms with Crippen molar-refractivity contribution in [1.29, 1.82) is 0 Å². The van der Waals surface area contributed by atoms with Gasteiger partial charge in [-0.05, 0) is 40.8 Å². The molecule has 1 aliphatic rings. The molecule has 0 radical (unpaired) electrons. The number of benzene rings is 2. The molecule has 0 bridgehead atoms. The van der Waals surface area contributed by atoms with Crippen molar-refractivity contribution in [3.8, 4) is 11.1 Å². The summed E-state index contributed by atoms with van der Waals surface area (Å²) in [5.41, 5.74) is 3.09. The topological polar surface area (TPSA) is 0 Å². The predicted octanol–water partition coefficient (Wildman–Crippen LogP) is 3.24. The molecule has 2 aromatic carbocycles. The van der Waals surface area contributed by atoms with E-state index >= 15 is 0 Å². The second-order valence-corrected chi connectivity index (χ2v) is 6.48. The van der Waals surface area contributed by atoms with Gasteiger partial charge in [0.15, 0.2) is 0 Å². The van der Waals surface area contributed by atoms with Crippen LogP contribution in [0.25, 0.3) is 11.1 Å². The molecule has 1 aliphatic carbocycles. The quantitative estimate of drug-likeness (QED) is 0.695. The van der Waals surface area contributed by atoms with Crippen LogP contribution in [0.1, 0.15) is 44.1 Å². The van der Waals surface area contributed by atoms with Crippen LogP contribution in [0.3, 0.4) is 0 Å². The van der Waals surface area contributed by atoms with Crippen molar-refractivity contribution in [1.82, 2.24) is 0 Å². The average molecular weight is 387 g/mol. The summed E-state index contributed by atoms with van der Waals surface area (Å²) in [5, 5.41) is 0.150. The third-order valence-electron chi connectivity index (χ3n) is 4.60. The van der Waals surface area contributed by atoms with Gasteiger partial charge in [-0.2, -0.15) is 23.7 Å². The third-order valence-corrected chi connectivity index (χ3v) is 4.97. The molecule has 0 spiro atoms. The van der Waals surface area contributed by atoms with Gasteiger partial charge in [0, 0.05) is 5.82 Å². The first-order valence-corrected chi connectivity index (χ1v) is 7.99. The molecule has 22 heavy (non-hydrogen) atoms. The van der Waals surface area contributed by atoms with Crippen LogP contribution in [0.2, 0.25) is 5.02 Å². The minimum atomic E-state index is -0.487. The summed E-state index contributed by atoms with van der Waals surface area (Å²) in [5.74, 6) is 1.05. The van der Waals surface area contributed by atoms with Gasteiger partial charge < -0.3 is 0 Å². The van der Waals surface area contributed by atoms with E-state index in [0.29, 0.717) is 5.92 Å². The van der Waals surface area contributed by atoms with Gasteiger partial charge in [-0.15, -0.1) is 11.6 Å². The van der Waals surface area contributed by atoms with Gasteiger partial charge in [0.25, 0.3) is 0 Å². The monoisotopic (exact) mass is 386 g/mol. The standard InChI is InChI=1S/C19H19ClF.Rb/c1-13-5-7-14(8-6-13)15-9-11-16(12-10-15)17-3-2-4-18(21)19(17)20;/h2-3,9-14H,5-8H2,1H3;/q-1;+1. The molecule has 1 fully saturated rings. The molecule has 110 valence electrons. The molecule has 2 aromatic rings. The van der Waals surface area contributed by atoms with E-state index in [9.17, 15) is 4.39 Å². The molecule has 3 rings (SSSR count). The van der Waals surface area contributed by atoms with E-state index in [2.05, 4.69) is 25.1 Å². The Kier molecular flexibility index (Phi) is 7.29. The summed E-state index contributed by atoms with van der Waals surface area (Å²) in [6.07, 6.45) is 5.18. The Morgan fingerprint density at radius 2 is 1.68 bits per heavy atom. The Balaban J connectivity index is 0.00000176. The van der Waals surface area contributed by atoms with Crippen LogP contribution in [0, 0.1) is 17.8 Å². The fourth-order valence-electron chi connectivity index (χ4n) is 3.20. The molecule has 0 nitrogen and oxygen atoms in total. The number of hydrogen-bond donors (Lipinski definition) is 0. The number of rotatable bonds is 2. The van der Waals surface area contributed by atoms with E-state index in [-0.39, 0.29) is 63.2 Å². The van der Waals surface area contributed by atoms with Gasteiger partial charge in [-0.3, -0.25) is 0 Å². The van der Waals surface area contributed by atoms with Crippen molar-refractivity contribution in [2.75, 3.05) is 0 Å². The van der Waals surface area contributed by atoms with Crippen molar-refractivity contribution in [3.63, 3.8) is 0 Å². The zero-order valence-electron chi connectivity index (χ0n) is 13.2. The molecule has 0 heterocycles. The summed E-state index contributed by atoms with van der Waals surface area (Å²) in [6.45, 7) is 2.34. The van der Waals surface area contributed by atoms with E-state index in [4.69, 9.17) is 11.6 Å². The van der Waals surface area contributed by atoms with Gasteiger partial charge in [0.1, 0.15) is 0 Å². The van der Waals surface area contributed by atoms with Gasteiger partial charge >= 0.3 is 58.2 Å². The molecule has 0 amide bonds. The van der Waals surface area contributed by atoms with Crippen molar-refractivity contribution < 1.29 is 62.6 Å². The molecular formula is C19H19ClFRb. The zero-order valence-corrected chi connectivity index (χ0v) is 18.9. The molecule has 0 atom stereocenters.